The molecule has 0 radical (unpaired) electrons. The number of rotatable bonds is 3. The van der Waals surface area contributed by atoms with Crippen LogP contribution in [0.25, 0.3) is 0 Å². The van der Waals surface area contributed by atoms with E-state index in [2.05, 4.69) is 20.8 Å². The molecule has 2 rings (SSSR count). The first kappa shape index (κ1) is 15.3. The van der Waals surface area contributed by atoms with Gasteiger partial charge in [0, 0.05) is 10.9 Å². The standard InChI is InChI=1S/C16H17NO3S/c1-16(2,3)10-6-4-9(5-7-10)13(18)12-11(17)8-21-14(12)15(19)20/h4-8H,17H2,1-3H3,(H,19,20). The second-order valence-corrected chi connectivity index (χ2v) is 6.74. The summed E-state index contributed by atoms with van der Waals surface area (Å²) in [6.07, 6.45) is 0. The van der Waals surface area contributed by atoms with E-state index in [0.29, 0.717) is 5.56 Å². The van der Waals surface area contributed by atoms with E-state index >= 15 is 0 Å². The van der Waals surface area contributed by atoms with Gasteiger partial charge in [-0.2, -0.15) is 0 Å². The van der Waals surface area contributed by atoms with E-state index in [1.54, 1.807) is 12.1 Å². The van der Waals surface area contributed by atoms with Gasteiger partial charge in [0.15, 0.2) is 5.78 Å². The van der Waals surface area contributed by atoms with Crippen molar-refractivity contribution in [1.29, 1.82) is 0 Å². The molecular formula is C16H17NO3S. The fourth-order valence-electron chi connectivity index (χ4n) is 2.03. The van der Waals surface area contributed by atoms with Gasteiger partial charge >= 0.3 is 5.97 Å². The van der Waals surface area contributed by atoms with Gasteiger partial charge in [0.1, 0.15) is 4.88 Å². The molecule has 1 aromatic heterocycles. The summed E-state index contributed by atoms with van der Waals surface area (Å²) in [5.41, 5.74) is 7.58. The van der Waals surface area contributed by atoms with Crippen molar-refractivity contribution in [1.82, 2.24) is 0 Å². The van der Waals surface area contributed by atoms with Crippen LogP contribution < -0.4 is 5.73 Å². The summed E-state index contributed by atoms with van der Waals surface area (Å²) in [6.45, 7) is 6.26. The van der Waals surface area contributed by atoms with Crippen molar-refractivity contribution in [3.63, 3.8) is 0 Å². The van der Waals surface area contributed by atoms with E-state index in [0.717, 1.165) is 16.9 Å². The molecule has 0 atom stereocenters. The van der Waals surface area contributed by atoms with Crippen LogP contribution in [0.3, 0.4) is 0 Å². The van der Waals surface area contributed by atoms with E-state index in [4.69, 9.17) is 10.8 Å². The Balaban J connectivity index is 2.42. The number of benzene rings is 1. The van der Waals surface area contributed by atoms with Gasteiger partial charge in [-0.05, 0) is 11.0 Å². The Bertz CT molecular complexity index is 693. The normalized spacial score (nSPS) is 11.4. The van der Waals surface area contributed by atoms with E-state index in [9.17, 15) is 9.59 Å². The van der Waals surface area contributed by atoms with Crippen LogP contribution in [0.5, 0.6) is 0 Å². The highest BCUT2D eigenvalue weighted by atomic mass is 32.1. The number of thiophene rings is 1. The molecule has 0 spiro atoms. The van der Waals surface area contributed by atoms with Crippen LogP contribution in [0.1, 0.15) is 51.9 Å². The summed E-state index contributed by atoms with van der Waals surface area (Å²) in [5, 5.41) is 10.6. The number of hydrogen-bond acceptors (Lipinski definition) is 4. The summed E-state index contributed by atoms with van der Waals surface area (Å²) in [4.78, 5) is 23.6. The molecule has 0 unspecified atom stereocenters. The number of carbonyl (C=O) groups is 2. The Morgan fingerprint density at radius 2 is 1.71 bits per heavy atom. The molecule has 0 saturated carbocycles. The van der Waals surface area contributed by atoms with Crippen molar-refractivity contribution < 1.29 is 14.7 Å². The van der Waals surface area contributed by atoms with Crippen molar-refractivity contribution in [3.8, 4) is 0 Å². The SMILES string of the molecule is CC(C)(C)c1ccc(C(=O)c2c(N)csc2C(=O)O)cc1. The molecular weight excluding hydrogens is 286 g/mol. The summed E-state index contributed by atoms with van der Waals surface area (Å²) in [5.74, 6) is -1.49. The number of hydrogen-bond donors (Lipinski definition) is 2. The molecule has 1 aromatic carbocycles. The average molecular weight is 303 g/mol. The molecule has 110 valence electrons. The van der Waals surface area contributed by atoms with Gasteiger partial charge < -0.3 is 10.8 Å². The summed E-state index contributed by atoms with van der Waals surface area (Å²) < 4.78 is 0. The first-order chi connectivity index (χ1) is 9.71. The zero-order valence-corrected chi connectivity index (χ0v) is 13.0. The van der Waals surface area contributed by atoms with E-state index in [1.165, 1.54) is 5.38 Å². The molecule has 0 aliphatic carbocycles. The van der Waals surface area contributed by atoms with Gasteiger partial charge in [0.2, 0.25) is 0 Å². The number of carboxylic acid groups (broad SMARTS) is 1. The van der Waals surface area contributed by atoms with Crippen LogP contribution in [0.2, 0.25) is 0 Å². The Morgan fingerprint density at radius 1 is 1.14 bits per heavy atom. The first-order valence-electron chi connectivity index (χ1n) is 6.47. The van der Waals surface area contributed by atoms with E-state index in [1.807, 2.05) is 12.1 Å². The predicted octanol–water partition coefficient (Wildman–Crippen LogP) is 3.56. The Hall–Kier alpha value is -2.14. The molecule has 0 fully saturated rings. The lowest BCUT2D eigenvalue weighted by Gasteiger charge is -2.19. The lowest BCUT2D eigenvalue weighted by atomic mass is 9.86. The van der Waals surface area contributed by atoms with Crippen LogP contribution in [0.15, 0.2) is 29.6 Å². The number of carboxylic acids is 1. The number of carbonyl (C=O) groups excluding carboxylic acids is 1. The maximum atomic E-state index is 12.5. The summed E-state index contributed by atoms with van der Waals surface area (Å²) in [7, 11) is 0. The second-order valence-electron chi connectivity index (χ2n) is 5.86. The maximum absolute atomic E-state index is 12.5. The first-order valence-corrected chi connectivity index (χ1v) is 7.35. The molecule has 0 aliphatic rings. The highest BCUT2D eigenvalue weighted by Gasteiger charge is 2.23. The molecule has 0 bridgehead atoms. The molecule has 0 saturated heterocycles. The Labute approximate surface area is 127 Å². The molecule has 4 nitrogen and oxygen atoms in total. The minimum absolute atomic E-state index is 0.00475. The fraction of sp³-hybridized carbons (Fsp3) is 0.250. The third-order valence-electron chi connectivity index (χ3n) is 3.25. The van der Waals surface area contributed by atoms with Crippen molar-refractivity contribution >= 4 is 28.8 Å². The molecule has 5 heteroatoms. The van der Waals surface area contributed by atoms with Crippen molar-refractivity contribution in [2.75, 3.05) is 5.73 Å². The quantitative estimate of drug-likeness (QED) is 0.850. The molecule has 21 heavy (non-hydrogen) atoms. The van der Waals surface area contributed by atoms with E-state index in [-0.39, 0.29) is 27.3 Å². The largest absolute Gasteiger partial charge is 0.477 e. The smallest absolute Gasteiger partial charge is 0.346 e. The number of aromatic carboxylic acids is 1. The number of ketones is 1. The monoisotopic (exact) mass is 303 g/mol. The molecule has 3 N–H and O–H groups in total. The molecule has 0 aliphatic heterocycles. The van der Waals surface area contributed by atoms with Crippen molar-refractivity contribution in [2.45, 2.75) is 26.2 Å². The number of nitrogens with two attached hydrogens (primary N) is 1. The minimum Gasteiger partial charge on any atom is -0.477 e. The molecule has 1 heterocycles. The fourth-order valence-corrected chi connectivity index (χ4v) is 2.82. The zero-order valence-electron chi connectivity index (χ0n) is 12.1. The highest BCUT2D eigenvalue weighted by molar-refractivity contribution is 7.13. The Morgan fingerprint density at radius 3 is 2.19 bits per heavy atom. The maximum Gasteiger partial charge on any atom is 0.346 e. The number of anilines is 1. The van der Waals surface area contributed by atoms with Crippen molar-refractivity contribution in [2.24, 2.45) is 0 Å². The third-order valence-corrected chi connectivity index (χ3v) is 4.24. The molecule has 0 amide bonds. The zero-order chi connectivity index (χ0) is 15.8. The summed E-state index contributed by atoms with van der Waals surface area (Å²) in [6, 6.07) is 7.20. The predicted molar refractivity (Wildman–Crippen MR) is 84.3 cm³/mol. The molecule has 2 aromatic rings. The van der Waals surface area contributed by atoms with Crippen LogP contribution in [-0.2, 0) is 5.41 Å². The average Bonchev–Trinajstić information content (AvgIpc) is 2.79. The summed E-state index contributed by atoms with van der Waals surface area (Å²) >= 11 is 0.969. The van der Waals surface area contributed by atoms with Crippen molar-refractivity contribution in [3.05, 3.63) is 51.2 Å². The lowest BCUT2D eigenvalue weighted by molar-refractivity contribution is 0.0698. The van der Waals surface area contributed by atoms with Crippen LogP contribution >= 0.6 is 11.3 Å². The van der Waals surface area contributed by atoms with Crippen LogP contribution in [0.4, 0.5) is 5.69 Å². The van der Waals surface area contributed by atoms with Gasteiger partial charge in [-0.15, -0.1) is 11.3 Å². The van der Waals surface area contributed by atoms with Crippen LogP contribution in [0, 0.1) is 0 Å². The van der Waals surface area contributed by atoms with Gasteiger partial charge in [-0.25, -0.2) is 4.79 Å². The van der Waals surface area contributed by atoms with E-state index < -0.39 is 5.97 Å². The number of nitrogen functional groups attached to an aromatic ring is 1. The second kappa shape index (κ2) is 5.33. The third kappa shape index (κ3) is 2.97. The van der Waals surface area contributed by atoms with Crippen LogP contribution in [-0.4, -0.2) is 16.9 Å². The van der Waals surface area contributed by atoms with Gasteiger partial charge in [-0.3, -0.25) is 4.79 Å². The Kier molecular flexibility index (Phi) is 3.87. The van der Waals surface area contributed by atoms with Gasteiger partial charge in [0.05, 0.1) is 11.3 Å². The minimum atomic E-state index is -1.13. The lowest BCUT2D eigenvalue weighted by Crippen LogP contribution is -2.12. The highest BCUT2D eigenvalue weighted by Crippen LogP contribution is 2.28. The topological polar surface area (TPSA) is 80.4 Å². The van der Waals surface area contributed by atoms with Gasteiger partial charge in [-0.1, -0.05) is 45.0 Å². The van der Waals surface area contributed by atoms with Gasteiger partial charge in [0.25, 0.3) is 0 Å².